The highest BCUT2D eigenvalue weighted by Gasteiger charge is 2.19. The normalized spacial score (nSPS) is 12.7. The predicted octanol–water partition coefficient (Wildman–Crippen LogP) is 20.3. The molecule has 0 fully saturated rings. The highest BCUT2D eigenvalue weighted by Crippen LogP contribution is 2.17. The van der Waals surface area contributed by atoms with Gasteiger partial charge >= 0.3 is 17.9 Å². The molecule has 0 aromatic heterocycles. The molecule has 0 aliphatic heterocycles. The molecule has 0 unspecified atom stereocenters. The summed E-state index contributed by atoms with van der Waals surface area (Å²) < 4.78 is 16.9. The summed E-state index contributed by atoms with van der Waals surface area (Å²) in [5, 5.41) is 0. The highest BCUT2D eigenvalue weighted by molar-refractivity contribution is 5.71. The van der Waals surface area contributed by atoms with Gasteiger partial charge in [0.25, 0.3) is 0 Å². The van der Waals surface area contributed by atoms with Crippen molar-refractivity contribution in [2.75, 3.05) is 13.2 Å². The van der Waals surface area contributed by atoms with Crippen molar-refractivity contribution in [3.8, 4) is 0 Å². The average molecular weight is 990 g/mol. The number of carbonyl (C=O) groups excluding carboxylic acids is 3. The van der Waals surface area contributed by atoms with Gasteiger partial charge in [0.15, 0.2) is 6.10 Å². The first-order valence-corrected chi connectivity index (χ1v) is 30.1. The van der Waals surface area contributed by atoms with E-state index in [0.29, 0.717) is 19.3 Å². The molecule has 0 aromatic rings. The van der Waals surface area contributed by atoms with Crippen LogP contribution >= 0.6 is 0 Å². The Morgan fingerprint density at radius 3 is 0.859 bits per heavy atom. The van der Waals surface area contributed by atoms with Crippen LogP contribution in [0.2, 0.25) is 0 Å². The molecule has 6 heteroatoms. The number of ether oxygens (including phenoxy) is 3. The van der Waals surface area contributed by atoms with Gasteiger partial charge in [0.1, 0.15) is 13.2 Å². The molecule has 1 atom stereocenters. The Balaban J connectivity index is 4.40. The van der Waals surface area contributed by atoms with E-state index >= 15 is 0 Å². The zero-order valence-electron chi connectivity index (χ0n) is 46.7. The Bertz CT molecular complexity index is 1370. The number of rotatable bonds is 54. The van der Waals surface area contributed by atoms with Crippen LogP contribution in [0.3, 0.4) is 0 Å². The van der Waals surface area contributed by atoms with Crippen LogP contribution in [0.1, 0.15) is 290 Å². The summed E-state index contributed by atoms with van der Waals surface area (Å²) in [7, 11) is 0. The van der Waals surface area contributed by atoms with Crippen molar-refractivity contribution in [2.45, 2.75) is 297 Å². The lowest BCUT2D eigenvalue weighted by molar-refractivity contribution is -0.167. The van der Waals surface area contributed by atoms with E-state index in [1.54, 1.807) is 0 Å². The minimum atomic E-state index is -0.794. The van der Waals surface area contributed by atoms with Crippen molar-refractivity contribution in [1.82, 2.24) is 0 Å². The maximum absolute atomic E-state index is 12.9. The summed E-state index contributed by atoms with van der Waals surface area (Å²) in [4.78, 5) is 38.2. The topological polar surface area (TPSA) is 78.9 Å². The number of carbonyl (C=O) groups is 3. The van der Waals surface area contributed by atoms with Crippen LogP contribution in [0.5, 0.6) is 0 Å². The zero-order valence-corrected chi connectivity index (χ0v) is 46.7. The van der Waals surface area contributed by atoms with Crippen LogP contribution in [-0.2, 0) is 28.6 Å². The Morgan fingerprint density at radius 2 is 0.549 bits per heavy atom. The summed E-state index contributed by atoms with van der Waals surface area (Å²) in [6.45, 7) is 6.41. The largest absolute Gasteiger partial charge is 0.462 e. The van der Waals surface area contributed by atoms with Crippen LogP contribution < -0.4 is 0 Å². The molecule has 0 amide bonds. The van der Waals surface area contributed by atoms with Gasteiger partial charge in [-0.3, -0.25) is 14.4 Å². The van der Waals surface area contributed by atoms with Gasteiger partial charge in [-0.2, -0.15) is 0 Å². The van der Waals surface area contributed by atoms with Crippen molar-refractivity contribution >= 4 is 17.9 Å². The van der Waals surface area contributed by atoms with Crippen molar-refractivity contribution in [3.05, 3.63) is 85.1 Å². The van der Waals surface area contributed by atoms with Crippen LogP contribution in [0, 0.1) is 0 Å². The van der Waals surface area contributed by atoms with E-state index in [4.69, 9.17) is 14.2 Å². The summed E-state index contributed by atoms with van der Waals surface area (Å²) in [6.07, 6.45) is 77.2. The van der Waals surface area contributed by atoms with E-state index in [9.17, 15) is 14.4 Å². The van der Waals surface area contributed by atoms with E-state index in [1.165, 1.54) is 116 Å². The third-order valence-electron chi connectivity index (χ3n) is 12.9. The SMILES string of the molecule is CC/C=C\C/C=C\C/C=C\C/C=C\CCCCCCC(=O)OC[C@H](COC(=O)CCCCCCC/C=C\C/C=C\C/C=C\CC)OC(=O)CCCCCCCCCCCCCCCCCCCCCCC. The first kappa shape index (κ1) is 67.6. The van der Waals surface area contributed by atoms with E-state index < -0.39 is 6.10 Å². The smallest absolute Gasteiger partial charge is 0.306 e. The van der Waals surface area contributed by atoms with Gasteiger partial charge in [-0.15, -0.1) is 0 Å². The van der Waals surface area contributed by atoms with Gasteiger partial charge in [-0.25, -0.2) is 0 Å². The first-order chi connectivity index (χ1) is 35.0. The Hall–Kier alpha value is -3.41. The van der Waals surface area contributed by atoms with Gasteiger partial charge in [-0.1, -0.05) is 266 Å². The molecule has 0 aliphatic carbocycles. The molecule has 0 heterocycles. The quantitative estimate of drug-likeness (QED) is 0.0261. The van der Waals surface area contributed by atoms with Crippen molar-refractivity contribution in [1.29, 1.82) is 0 Å². The highest BCUT2D eigenvalue weighted by atomic mass is 16.6. The third-order valence-corrected chi connectivity index (χ3v) is 12.9. The monoisotopic (exact) mass is 989 g/mol. The lowest BCUT2D eigenvalue weighted by Gasteiger charge is -2.18. The van der Waals surface area contributed by atoms with E-state index in [0.717, 1.165) is 135 Å². The minimum Gasteiger partial charge on any atom is -0.462 e. The molecule has 0 bridgehead atoms. The summed E-state index contributed by atoms with van der Waals surface area (Å²) in [5.74, 6) is -0.920. The fraction of sp³-hybridized carbons (Fsp3) is 0.738. The number of unbranched alkanes of at least 4 members (excludes halogenated alkanes) is 29. The van der Waals surface area contributed by atoms with Crippen LogP contribution in [-0.4, -0.2) is 37.2 Å². The fourth-order valence-corrected chi connectivity index (χ4v) is 8.45. The standard InChI is InChI=1S/C65H112O6/c1-4-7-10-13-16-19-22-25-28-30-31-32-33-35-38-41-44-47-50-53-56-59-65(68)71-62(60-69-63(66)57-54-51-48-45-42-39-36-27-24-21-18-15-12-9-6-3)61-70-64(67)58-55-52-49-46-43-40-37-34-29-26-23-20-17-14-11-8-5-2/h8-9,11-12,17-18,20-21,26-27,29,36-37,40,62H,4-7,10,13-16,19,22-25,28,30-35,38-39,41-61H2,1-3H3/b11-8-,12-9-,20-17-,21-18-,29-26-,36-27-,40-37-/t62-/m0/s1. The van der Waals surface area contributed by atoms with Gasteiger partial charge < -0.3 is 14.2 Å². The third kappa shape index (κ3) is 57.4. The second-order valence-corrected chi connectivity index (χ2v) is 19.9. The number of esters is 3. The van der Waals surface area contributed by atoms with Crippen LogP contribution in [0.15, 0.2) is 85.1 Å². The van der Waals surface area contributed by atoms with Crippen molar-refractivity contribution in [2.24, 2.45) is 0 Å². The predicted molar refractivity (Wildman–Crippen MR) is 307 cm³/mol. The second kappa shape index (κ2) is 59.2. The van der Waals surface area contributed by atoms with Gasteiger partial charge in [0.2, 0.25) is 0 Å². The molecule has 0 saturated carbocycles. The Labute approximate surface area is 439 Å². The molecule has 0 rings (SSSR count). The lowest BCUT2D eigenvalue weighted by atomic mass is 10.0. The number of hydrogen-bond acceptors (Lipinski definition) is 6. The first-order valence-electron chi connectivity index (χ1n) is 30.1. The molecule has 0 saturated heterocycles. The van der Waals surface area contributed by atoms with E-state index in [2.05, 4.69) is 106 Å². The van der Waals surface area contributed by atoms with Gasteiger partial charge in [0, 0.05) is 19.3 Å². The minimum absolute atomic E-state index is 0.0918. The second-order valence-electron chi connectivity index (χ2n) is 19.9. The Kier molecular flexibility index (Phi) is 56.3. The average Bonchev–Trinajstić information content (AvgIpc) is 3.37. The summed E-state index contributed by atoms with van der Waals surface area (Å²) in [5.41, 5.74) is 0. The van der Waals surface area contributed by atoms with Crippen LogP contribution in [0.25, 0.3) is 0 Å². The van der Waals surface area contributed by atoms with E-state index in [-0.39, 0.29) is 31.1 Å². The lowest BCUT2D eigenvalue weighted by Crippen LogP contribution is -2.30. The fourth-order valence-electron chi connectivity index (χ4n) is 8.45. The molecule has 6 nitrogen and oxygen atoms in total. The molecule has 0 aromatic carbocycles. The van der Waals surface area contributed by atoms with Crippen molar-refractivity contribution in [3.63, 3.8) is 0 Å². The number of allylic oxidation sites excluding steroid dienone is 14. The molecular weight excluding hydrogens is 877 g/mol. The zero-order chi connectivity index (χ0) is 51.4. The maximum atomic E-state index is 12.9. The molecule has 0 N–H and O–H groups in total. The van der Waals surface area contributed by atoms with Gasteiger partial charge in [-0.05, 0) is 89.9 Å². The molecule has 71 heavy (non-hydrogen) atoms. The molecule has 0 spiro atoms. The van der Waals surface area contributed by atoms with E-state index in [1.807, 2.05) is 0 Å². The molecular formula is C65H112O6. The maximum Gasteiger partial charge on any atom is 0.306 e. The van der Waals surface area contributed by atoms with Crippen molar-refractivity contribution < 1.29 is 28.6 Å². The van der Waals surface area contributed by atoms with Crippen LogP contribution in [0.4, 0.5) is 0 Å². The summed E-state index contributed by atoms with van der Waals surface area (Å²) >= 11 is 0. The molecule has 408 valence electrons. The Morgan fingerprint density at radius 1 is 0.296 bits per heavy atom. The molecule has 0 aliphatic rings. The summed E-state index contributed by atoms with van der Waals surface area (Å²) in [6, 6.07) is 0. The number of hydrogen-bond donors (Lipinski definition) is 0. The molecule has 0 radical (unpaired) electrons. The van der Waals surface area contributed by atoms with Gasteiger partial charge in [0.05, 0.1) is 0 Å².